The molecule has 1 N–H and O–H groups in total. The van der Waals surface area contributed by atoms with Gasteiger partial charge in [-0.15, -0.1) is 0 Å². The average Bonchev–Trinajstić information content (AvgIpc) is 2.97. The van der Waals surface area contributed by atoms with E-state index < -0.39 is 5.97 Å². The summed E-state index contributed by atoms with van der Waals surface area (Å²) < 4.78 is 6.95. The van der Waals surface area contributed by atoms with Crippen LogP contribution in [0.3, 0.4) is 0 Å². The minimum absolute atomic E-state index is 0.129. The topological polar surface area (TPSA) is 73.2 Å². The smallest absolute Gasteiger partial charge is 0.307 e. The van der Waals surface area contributed by atoms with Gasteiger partial charge in [-0.3, -0.25) is 14.3 Å². The van der Waals surface area contributed by atoms with Crippen LogP contribution in [0.1, 0.15) is 34.9 Å². The first-order valence-electron chi connectivity index (χ1n) is 9.51. The molecule has 29 heavy (non-hydrogen) atoms. The highest BCUT2D eigenvalue weighted by molar-refractivity contribution is 5.93. The molecule has 1 heterocycles. The first-order valence-corrected chi connectivity index (χ1v) is 9.51. The number of benzene rings is 2. The van der Waals surface area contributed by atoms with Crippen LogP contribution in [-0.4, -0.2) is 28.3 Å². The van der Waals surface area contributed by atoms with Gasteiger partial charge in [0, 0.05) is 13.0 Å². The van der Waals surface area contributed by atoms with Crippen LogP contribution >= 0.6 is 0 Å². The number of aromatic nitrogens is 2. The van der Waals surface area contributed by atoms with Crippen molar-refractivity contribution in [2.45, 2.75) is 26.2 Å². The van der Waals surface area contributed by atoms with Crippen LogP contribution in [-0.2, 0) is 21.4 Å². The third-order valence-electron chi connectivity index (χ3n) is 4.91. The second kappa shape index (κ2) is 9.19. The second-order valence-electron chi connectivity index (χ2n) is 6.96. The van der Waals surface area contributed by atoms with E-state index in [4.69, 9.17) is 4.74 Å². The summed E-state index contributed by atoms with van der Waals surface area (Å²) in [6.07, 6.45) is 0.159. The quantitative estimate of drug-likeness (QED) is 0.623. The number of nitrogens with zero attached hydrogens (tertiary/aromatic N) is 2. The molecule has 0 fully saturated rings. The van der Waals surface area contributed by atoms with Crippen molar-refractivity contribution in [3.8, 4) is 0 Å². The molecule has 3 aromatic rings. The van der Waals surface area contributed by atoms with Crippen LogP contribution in [0.2, 0.25) is 0 Å². The molecule has 6 heteroatoms. The Bertz CT molecular complexity index is 942. The van der Waals surface area contributed by atoms with Gasteiger partial charge in [0.05, 0.1) is 23.5 Å². The zero-order chi connectivity index (χ0) is 20.8. The van der Waals surface area contributed by atoms with E-state index in [0.717, 1.165) is 22.5 Å². The maximum atomic E-state index is 12.5. The highest BCUT2D eigenvalue weighted by atomic mass is 16.5. The Hall–Kier alpha value is -3.41. The molecule has 0 radical (unpaired) electrons. The average molecular weight is 391 g/mol. The molecular formula is C23H25N3O3. The van der Waals surface area contributed by atoms with Crippen molar-refractivity contribution in [3.63, 3.8) is 0 Å². The lowest BCUT2D eigenvalue weighted by Gasteiger charge is -2.17. The van der Waals surface area contributed by atoms with Crippen molar-refractivity contribution >= 4 is 17.6 Å². The third-order valence-corrected chi connectivity index (χ3v) is 4.91. The third kappa shape index (κ3) is 5.10. The minimum atomic E-state index is -0.419. The molecule has 150 valence electrons. The number of carbonyl (C=O) groups is 2. The van der Waals surface area contributed by atoms with E-state index in [9.17, 15) is 9.59 Å². The normalized spacial score (nSPS) is 10.8. The van der Waals surface area contributed by atoms with Gasteiger partial charge in [0.25, 0.3) is 5.91 Å². The summed E-state index contributed by atoms with van der Waals surface area (Å²) >= 11 is 0. The molecule has 3 rings (SSSR count). The number of amides is 1. The first kappa shape index (κ1) is 20.3. The van der Waals surface area contributed by atoms with Crippen molar-refractivity contribution in [3.05, 3.63) is 83.2 Å². The predicted molar refractivity (Wildman–Crippen MR) is 112 cm³/mol. The summed E-state index contributed by atoms with van der Waals surface area (Å²) in [4.78, 5) is 24.7. The highest BCUT2D eigenvalue weighted by Gasteiger charge is 2.20. The van der Waals surface area contributed by atoms with E-state index in [1.165, 1.54) is 0 Å². The number of hydrogen-bond donors (Lipinski definition) is 1. The Kier molecular flexibility index (Phi) is 6.44. The molecule has 0 aliphatic heterocycles. The molecule has 0 unspecified atom stereocenters. The van der Waals surface area contributed by atoms with Crippen LogP contribution in [0, 0.1) is 13.8 Å². The van der Waals surface area contributed by atoms with Gasteiger partial charge < -0.3 is 10.1 Å². The fourth-order valence-electron chi connectivity index (χ4n) is 3.30. The Labute approximate surface area is 170 Å². The molecule has 0 saturated carbocycles. The molecule has 0 saturated heterocycles. The second-order valence-corrected chi connectivity index (χ2v) is 6.96. The molecule has 6 nitrogen and oxygen atoms in total. The SMILES string of the molecule is Cc1nn(C)c(C)c1NC(=O)COC(=O)CC(c1ccccc1)c1ccccc1. The molecule has 2 aromatic carbocycles. The zero-order valence-electron chi connectivity index (χ0n) is 16.9. The van der Waals surface area contributed by atoms with Crippen molar-refractivity contribution in [2.75, 3.05) is 11.9 Å². The number of rotatable bonds is 7. The minimum Gasteiger partial charge on any atom is -0.456 e. The number of aryl methyl sites for hydroxylation is 2. The van der Waals surface area contributed by atoms with Crippen molar-refractivity contribution < 1.29 is 14.3 Å². The predicted octanol–water partition coefficient (Wildman–Crippen LogP) is 3.74. The fourth-order valence-corrected chi connectivity index (χ4v) is 3.30. The maximum Gasteiger partial charge on any atom is 0.307 e. The van der Waals surface area contributed by atoms with Gasteiger partial charge in [-0.05, 0) is 25.0 Å². The Morgan fingerprint density at radius 2 is 1.55 bits per heavy atom. The summed E-state index contributed by atoms with van der Waals surface area (Å²) in [5.41, 5.74) is 4.27. The number of carbonyl (C=O) groups excluding carboxylic acids is 2. The zero-order valence-corrected chi connectivity index (χ0v) is 16.9. The molecule has 1 amide bonds. The first-order chi connectivity index (χ1) is 14.0. The summed E-state index contributed by atoms with van der Waals surface area (Å²) in [5, 5.41) is 7.03. The fraction of sp³-hybridized carbons (Fsp3) is 0.261. The number of anilines is 1. The highest BCUT2D eigenvalue weighted by Crippen LogP contribution is 2.28. The monoisotopic (exact) mass is 391 g/mol. The standard InChI is InChI=1S/C23H25N3O3/c1-16-23(17(2)26(3)25-16)24-21(27)15-29-22(28)14-20(18-10-6-4-7-11-18)19-12-8-5-9-13-19/h4-13,20H,14-15H2,1-3H3,(H,24,27). The number of hydrogen-bond acceptors (Lipinski definition) is 4. The van der Waals surface area contributed by atoms with E-state index >= 15 is 0 Å². The van der Waals surface area contributed by atoms with Crippen molar-refractivity contribution in [1.82, 2.24) is 9.78 Å². The van der Waals surface area contributed by atoms with Crippen LogP contribution in [0.15, 0.2) is 60.7 Å². The van der Waals surface area contributed by atoms with E-state index in [-0.39, 0.29) is 24.9 Å². The van der Waals surface area contributed by atoms with Crippen LogP contribution in [0.5, 0.6) is 0 Å². The molecule has 0 bridgehead atoms. The number of ether oxygens (including phenoxy) is 1. The van der Waals surface area contributed by atoms with Crippen LogP contribution in [0.25, 0.3) is 0 Å². The Balaban J connectivity index is 1.62. The van der Waals surface area contributed by atoms with Gasteiger partial charge in [0.1, 0.15) is 0 Å². The van der Waals surface area contributed by atoms with Gasteiger partial charge in [-0.1, -0.05) is 60.7 Å². The lowest BCUT2D eigenvalue weighted by molar-refractivity contribution is -0.147. The van der Waals surface area contributed by atoms with E-state index in [1.54, 1.807) is 4.68 Å². The van der Waals surface area contributed by atoms with Gasteiger partial charge in [-0.25, -0.2) is 0 Å². The van der Waals surface area contributed by atoms with Crippen molar-refractivity contribution in [2.24, 2.45) is 7.05 Å². The van der Waals surface area contributed by atoms with E-state index in [1.807, 2.05) is 81.6 Å². The number of nitrogens with one attached hydrogen (secondary N) is 1. The van der Waals surface area contributed by atoms with Gasteiger partial charge in [0.2, 0.25) is 0 Å². The Morgan fingerprint density at radius 3 is 2.03 bits per heavy atom. The molecule has 0 atom stereocenters. The number of esters is 1. The summed E-state index contributed by atoms with van der Waals surface area (Å²) in [6, 6.07) is 19.6. The molecule has 0 spiro atoms. The van der Waals surface area contributed by atoms with Gasteiger partial charge in [0.15, 0.2) is 6.61 Å². The summed E-state index contributed by atoms with van der Waals surface area (Å²) in [5.74, 6) is -0.929. The van der Waals surface area contributed by atoms with Crippen LogP contribution < -0.4 is 5.32 Å². The Morgan fingerprint density at radius 1 is 1.00 bits per heavy atom. The lowest BCUT2D eigenvalue weighted by atomic mass is 9.89. The molecular weight excluding hydrogens is 366 g/mol. The van der Waals surface area contributed by atoms with E-state index in [0.29, 0.717) is 5.69 Å². The van der Waals surface area contributed by atoms with E-state index in [2.05, 4.69) is 10.4 Å². The van der Waals surface area contributed by atoms with Crippen molar-refractivity contribution in [1.29, 1.82) is 0 Å². The largest absolute Gasteiger partial charge is 0.456 e. The van der Waals surface area contributed by atoms with Gasteiger partial charge >= 0.3 is 5.97 Å². The van der Waals surface area contributed by atoms with Gasteiger partial charge in [-0.2, -0.15) is 5.10 Å². The molecule has 1 aromatic heterocycles. The summed E-state index contributed by atoms with van der Waals surface area (Å²) in [6.45, 7) is 3.35. The maximum absolute atomic E-state index is 12.5. The lowest BCUT2D eigenvalue weighted by Crippen LogP contribution is -2.22. The van der Waals surface area contributed by atoms with Crippen LogP contribution in [0.4, 0.5) is 5.69 Å². The molecule has 0 aliphatic rings. The summed E-state index contributed by atoms with van der Waals surface area (Å²) in [7, 11) is 1.81. The molecule has 0 aliphatic carbocycles.